The van der Waals surface area contributed by atoms with Gasteiger partial charge in [0.25, 0.3) is 10.0 Å². The van der Waals surface area contributed by atoms with Crippen molar-refractivity contribution in [2.24, 2.45) is 0 Å². The molecule has 0 spiro atoms. The lowest BCUT2D eigenvalue weighted by Crippen LogP contribution is -2.37. The van der Waals surface area contributed by atoms with Gasteiger partial charge in [0, 0.05) is 6.04 Å². The van der Waals surface area contributed by atoms with Crippen LogP contribution in [0, 0.1) is 12.7 Å². The van der Waals surface area contributed by atoms with Gasteiger partial charge in [0.05, 0.1) is 23.3 Å². The lowest BCUT2D eigenvalue weighted by atomic mass is 10.2. The zero-order valence-electron chi connectivity index (χ0n) is 14.5. The molecule has 2 aromatic carbocycles. The van der Waals surface area contributed by atoms with E-state index in [4.69, 9.17) is 4.74 Å². The number of benzene rings is 2. The monoisotopic (exact) mass is 365 g/mol. The van der Waals surface area contributed by atoms with Crippen LogP contribution in [-0.4, -0.2) is 27.9 Å². The number of carbonyl (C=O) groups is 1. The van der Waals surface area contributed by atoms with E-state index in [2.05, 4.69) is 0 Å². The van der Waals surface area contributed by atoms with Gasteiger partial charge in [0.1, 0.15) is 11.6 Å². The van der Waals surface area contributed by atoms with Crippen LogP contribution in [0.25, 0.3) is 0 Å². The number of nitrogens with zero attached hydrogens (tertiary/aromatic N) is 1. The van der Waals surface area contributed by atoms with Crippen molar-refractivity contribution < 1.29 is 22.3 Å². The molecule has 134 valence electrons. The van der Waals surface area contributed by atoms with E-state index in [1.54, 1.807) is 39.0 Å². The van der Waals surface area contributed by atoms with Crippen LogP contribution >= 0.6 is 0 Å². The predicted molar refractivity (Wildman–Crippen MR) is 94.3 cm³/mol. The maximum atomic E-state index is 13.5. The number of ether oxygens (including phenoxy) is 1. The average molecular weight is 365 g/mol. The first-order valence-electron chi connectivity index (χ1n) is 7.66. The van der Waals surface area contributed by atoms with E-state index in [1.165, 1.54) is 11.4 Å². The van der Waals surface area contributed by atoms with Crippen molar-refractivity contribution in [3.05, 3.63) is 53.3 Å². The van der Waals surface area contributed by atoms with Crippen molar-refractivity contribution >= 4 is 22.0 Å². The van der Waals surface area contributed by atoms with Gasteiger partial charge in [-0.25, -0.2) is 12.8 Å². The second-order valence-corrected chi connectivity index (χ2v) is 7.66. The topological polar surface area (TPSA) is 63.7 Å². The van der Waals surface area contributed by atoms with Gasteiger partial charge in [-0.3, -0.25) is 9.10 Å². The minimum atomic E-state index is -3.98. The van der Waals surface area contributed by atoms with E-state index in [0.717, 1.165) is 18.2 Å². The van der Waals surface area contributed by atoms with Gasteiger partial charge in [-0.1, -0.05) is 0 Å². The highest BCUT2D eigenvalue weighted by molar-refractivity contribution is 7.92. The Morgan fingerprint density at radius 1 is 1.16 bits per heavy atom. The summed E-state index contributed by atoms with van der Waals surface area (Å²) < 4.78 is 46.2. The second-order valence-electron chi connectivity index (χ2n) is 5.85. The lowest BCUT2D eigenvalue weighted by molar-refractivity contribution is 0.111. The molecule has 0 fully saturated rings. The van der Waals surface area contributed by atoms with Crippen molar-refractivity contribution in [2.75, 3.05) is 11.4 Å². The molecule has 0 saturated carbocycles. The molecule has 0 bridgehead atoms. The largest absolute Gasteiger partial charge is 0.497 e. The van der Waals surface area contributed by atoms with Crippen molar-refractivity contribution in [1.82, 2.24) is 0 Å². The zero-order chi connectivity index (χ0) is 18.8. The zero-order valence-corrected chi connectivity index (χ0v) is 15.3. The summed E-state index contributed by atoms with van der Waals surface area (Å²) in [6.07, 6.45) is 0.298. The van der Waals surface area contributed by atoms with E-state index in [-0.39, 0.29) is 16.5 Å². The van der Waals surface area contributed by atoms with Crippen LogP contribution in [0.4, 0.5) is 10.1 Å². The molecule has 2 aromatic rings. The third-order valence-corrected chi connectivity index (χ3v) is 5.75. The van der Waals surface area contributed by atoms with Gasteiger partial charge in [0.2, 0.25) is 0 Å². The van der Waals surface area contributed by atoms with Gasteiger partial charge >= 0.3 is 0 Å². The molecule has 0 aliphatic carbocycles. The minimum absolute atomic E-state index is 0.139. The smallest absolute Gasteiger partial charge is 0.264 e. The highest BCUT2D eigenvalue weighted by Crippen LogP contribution is 2.31. The molecule has 5 nitrogen and oxygen atoms in total. The summed E-state index contributed by atoms with van der Waals surface area (Å²) in [4.78, 5) is 10.8. The standard InChI is InChI=1S/C18H20FNO4S/c1-12(2)20(18-8-5-15(24-4)9-13(18)3)25(22,23)16-6-7-17(19)14(10-16)11-21/h5-12H,1-4H3. The van der Waals surface area contributed by atoms with Crippen LogP contribution in [0.1, 0.15) is 29.8 Å². The third kappa shape index (κ3) is 3.66. The molecule has 0 saturated heterocycles. The van der Waals surface area contributed by atoms with E-state index in [0.29, 0.717) is 23.3 Å². The fourth-order valence-electron chi connectivity index (χ4n) is 2.57. The maximum absolute atomic E-state index is 13.5. The number of aryl methyl sites for hydroxylation is 1. The predicted octanol–water partition coefficient (Wildman–Crippen LogP) is 3.56. The number of rotatable bonds is 6. The van der Waals surface area contributed by atoms with E-state index in [9.17, 15) is 17.6 Å². The number of halogens is 1. The molecule has 0 radical (unpaired) electrons. The van der Waals surface area contributed by atoms with Crippen LogP contribution in [0.2, 0.25) is 0 Å². The Bertz CT molecular complexity index is 894. The summed E-state index contributed by atoms with van der Waals surface area (Å²) in [5.74, 6) is -0.141. The number of anilines is 1. The Balaban J connectivity index is 2.62. The summed E-state index contributed by atoms with van der Waals surface area (Å²) in [5.41, 5.74) is 0.915. The van der Waals surface area contributed by atoms with Gasteiger partial charge in [-0.15, -0.1) is 0 Å². The van der Waals surface area contributed by atoms with Gasteiger partial charge in [0.15, 0.2) is 6.29 Å². The molecule has 0 N–H and O–H groups in total. The molecule has 0 atom stereocenters. The molecule has 0 amide bonds. The fourth-order valence-corrected chi connectivity index (χ4v) is 4.34. The Morgan fingerprint density at radius 2 is 1.84 bits per heavy atom. The van der Waals surface area contributed by atoms with E-state index >= 15 is 0 Å². The van der Waals surface area contributed by atoms with Crippen LogP contribution < -0.4 is 9.04 Å². The van der Waals surface area contributed by atoms with Crippen molar-refractivity contribution in [3.63, 3.8) is 0 Å². The number of hydrogen-bond acceptors (Lipinski definition) is 4. The minimum Gasteiger partial charge on any atom is -0.497 e. The first-order chi connectivity index (χ1) is 11.7. The molecule has 7 heteroatoms. The average Bonchev–Trinajstić information content (AvgIpc) is 2.56. The summed E-state index contributed by atoms with van der Waals surface area (Å²) in [6, 6.07) is 7.88. The fraction of sp³-hybridized carbons (Fsp3) is 0.278. The molecule has 2 rings (SSSR count). The van der Waals surface area contributed by atoms with Crippen LogP contribution in [0.3, 0.4) is 0 Å². The highest BCUT2D eigenvalue weighted by Gasteiger charge is 2.29. The van der Waals surface area contributed by atoms with Gasteiger partial charge in [-0.05, 0) is 62.7 Å². The van der Waals surface area contributed by atoms with Gasteiger partial charge < -0.3 is 4.74 Å². The molecule has 0 aliphatic rings. The summed E-state index contributed by atoms with van der Waals surface area (Å²) in [5, 5.41) is 0. The molecule has 25 heavy (non-hydrogen) atoms. The summed E-state index contributed by atoms with van der Waals surface area (Å²) >= 11 is 0. The van der Waals surface area contributed by atoms with Gasteiger partial charge in [-0.2, -0.15) is 0 Å². The molecule has 0 unspecified atom stereocenters. The molecule has 0 aliphatic heterocycles. The summed E-state index contributed by atoms with van der Waals surface area (Å²) in [7, 11) is -2.45. The number of sulfonamides is 1. The van der Waals surface area contributed by atoms with Crippen LogP contribution in [0.15, 0.2) is 41.3 Å². The number of carbonyl (C=O) groups excluding carboxylic acids is 1. The Kier molecular flexibility index (Phi) is 5.47. The normalized spacial score (nSPS) is 11.4. The Labute approximate surface area is 147 Å². The molecular formula is C18H20FNO4S. The second kappa shape index (κ2) is 7.23. The number of aldehydes is 1. The quantitative estimate of drug-likeness (QED) is 0.734. The number of methoxy groups -OCH3 is 1. The highest BCUT2D eigenvalue weighted by atomic mass is 32.2. The Morgan fingerprint density at radius 3 is 2.36 bits per heavy atom. The summed E-state index contributed by atoms with van der Waals surface area (Å²) in [6.45, 7) is 5.26. The maximum Gasteiger partial charge on any atom is 0.264 e. The SMILES string of the molecule is COc1ccc(N(C(C)C)S(=O)(=O)c2ccc(F)c(C=O)c2)c(C)c1. The Hall–Kier alpha value is -2.41. The van der Waals surface area contributed by atoms with E-state index in [1.807, 2.05) is 0 Å². The van der Waals surface area contributed by atoms with Crippen LogP contribution in [-0.2, 0) is 10.0 Å². The van der Waals surface area contributed by atoms with Crippen molar-refractivity contribution in [3.8, 4) is 5.75 Å². The van der Waals surface area contributed by atoms with Crippen LogP contribution in [0.5, 0.6) is 5.75 Å². The van der Waals surface area contributed by atoms with Crippen molar-refractivity contribution in [1.29, 1.82) is 0 Å². The molecular weight excluding hydrogens is 345 g/mol. The molecule has 0 heterocycles. The first-order valence-corrected chi connectivity index (χ1v) is 9.10. The van der Waals surface area contributed by atoms with E-state index < -0.39 is 15.8 Å². The lowest BCUT2D eigenvalue weighted by Gasteiger charge is -2.30. The first kappa shape index (κ1) is 18.9. The third-order valence-electron chi connectivity index (χ3n) is 3.76. The molecule has 0 aromatic heterocycles. The van der Waals surface area contributed by atoms with Crippen molar-refractivity contribution in [2.45, 2.75) is 31.7 Å². The number of hydrogen-bond donors (Lipinski definition) is 0.